The summed E-state index contributed by atoms with van der Waals surface area (Å²) in [5.41, 5.74) is 0. The lowest BCUT2D eigenvalue weighted by Gasteiger charge is -2.23. The summed E-state index contributed by atoms with van der Waals surface area (Å²) in [5, 5.41) is 11.6. The van der Waals surface area contributed by atoms with Gasteiger partial charge in [0.2, 0.25) is 0 Å². The fraction of sp³-hybridized carbons (Fsp3) is 0.900. The highest BCUT2D eigenvalue weighted by Gasteiger charge is 2.12. The predicted molar refractivity (Wildman–Crippen MR) is 54.9 cm³/mol. The maximum atomic E-state index is 10.2. The molecule has 0 radical (unpaired) electrons. The third-order valence-electron chi connectivity index (χ3n) is 2.25. The van der Waals surface area contributed by atoms with Gasteiger partial charge in [0.25, 0.3) is 0 Å². The summed E-state index contributed by atoms with van der Waals surface area (Å²) in [6.45, 7) is 3.64. The molecule has 2 N–H and O–H groups in total. The maximum Gasteiger partial charge on any atom is 0.303 e. The molecule has 0 aliphatic carbocycles. The molecule has 0 aromatic heterocycles. The number of rotatable bonds is 7. The van der Waals surface area contributed by atoms with E-state index in [0.717, 1.165) is 25.9 Å². The van der Waals surface area contributed by atoms with Crippen LogP contribution in [0.1, 0.15) is 19.3 Å². The maximum absolute atomic E-state index is 10.2. The molecule has 0 aromatic rings. The Kier molecular flexibility index (Phi) is 6.31. The number of carbonyl (C=O) groups is 1. The van der Waals surface area contributed by atoms with Crippen molar-refractivity contribution in [2.45, 2.75) is 25.4 Å². The molecule has 1 aliphatic heterocycles. The molecule has 88 valence electrons. The van der Waals surface area contributed by atoms with Crippen molar-refractivity contribution in [2.24, 2.45) is 0 Å². The minimum Gasteiger partial charge on any atom is -0.481 e. The molecule has 1 heterocycles. The third-order valence-corrected chi connectivity index (χ3v) is 2.25. The number of unbranched alkanes of at least 4 members (excludes halogenated alkanes) is 1. The summed E-state index contributed by atoms with van der Waals surface area (Å²) >= 11 is 0. The minimum absolute atomic E-state index is 0.151. The van der Waals surface area contributed by atoms with Gasteiger partial charge in [-0.2, -0.15) is 0 Å². The molecule has 0 bridgehead atoms. The molecule has 1 fully saturated rings. The molecule has 1 atom stereocenters. The van der Waals surface area contributed by atoms with Crippen LogP contribution in [0.4, 0.5) is 0 Å². The van der Waals surface area contributed by atoms with Gasteiger partial charge in [-0.1, -0.05) is 0 Å². The first-order chi connectivity index (χ1) is 7.29. The van der Waals surface area contributed by atoms with Crippen LogP contribution in [0.5, 0.6) is 0 Å². The van der Waals surface area contributed by atoms with E-state index in [1.54, 1.807) is 0 Å². The molecule has 1 rings (SSSR count). The first-order valence-corrected chi connectivity index (χ1v) is 5.41. The van der Waals surface area contributed by atoms with Gasteiger partial charge in [0, 0.05) is 13.0 Å². The normalized spacial score (nSPS) is 21.5. The zero-order valence-electron chi connectivity index (χ0n) is 8.91. The Balaban J connectivity index is 1.85. The molecule has 0 saturated carbocycles. The summed E-state index contributed by atoms with van der Waals surface area (Å²) in [7, 11) is 0. The largest absolute Gasteiger partial charge is 0.481 e. The number of hydrogen-bond acceptors (Lipinski definition) is 4. The minimum atomic E-state index is -0.723. The second kappa shape index (κ2) is 7.62. The average molecular weight is 217 g/mol. The van der Waals surface area contributed by atoms with Crippen LogP contribution >= 0.6 is 0 Å². The Hall–Kier alpha value is -0.650. The first kappa shape index (κ1) is 12.4. The molecule has 1 saturated heterocycles. The Bertz CT molecular complexity index is 180. The van der Waals surface area contributed by atoms with Crippen LogP contribution in [-0.2, 0) is 14.3 Å². The zero-order chi connectivity index (χ0) is 10.9. The Morgan fingerprint density at radius 2 is 2.27 bits per heavy atom. The first-order valence-electron chi connectivity index (χ1n) is 5.41. The van der Waals surface area contributed by atoms with Gasteiger partial charge in [-0.25, -0.2) is 0 Å². The lowest BCUT2D eigenvalue weighted by molar-refractivity contribution is -0.137. The molecule has 5 nitrogen and oxygen atoms in total. The van der Waals surface area contributed by atoms with Gasteiger partial charge in [-0.05, 0) is 19.4 Å². The Labute approximate surface area is 89.8 Å². The monoisotopic (exact) mass is 217 g/mol. The van der Waals surface area contributed by atoms with E-state index in [0.29, 0.717) is 19.8 Å². The van der Waals surface area contributed by atoms with Crippen LogP contribution in [0.15, 0.2) is 0 Å². The van der Waals surface area contributed by atoms with Crippen molar-refractivity contribution in [1.29, 1.82) is 0 Å². The van der Waals surface area contributed by atoms with Crippen LogP contribution in [0.3, 0.4) is 0 Å². The molecule has 0 amide bonds. The Morgan fingerprint density at radius 1 is 1.40 bits per heavy atom. The lowest BCUT2D eigenvalue weighted by atomic mass is 10.2. The Morgan fingerprint density at radius 3 is 2.93 bits per heavy atom. The van der Waals surface area contributed by atoms with E-state index >= 15 is 0 Å². The highest BCUT2D eigenvalue weighted by Crippen LogP contribution is 1.99. The van der Waals surface area contributed by atoms with Crippen LogP contribution < -0.4 is 5.32 Å². The van der Waals surface area contributed by atoms with Crippen molar-refractivity contribution in [3.05, 3.63) is 0 Å². The summed E-state index contributed by atoms with van der Waals surface area (Å²) in [5.74, 6) is -0.723. The molecule has 1 unspecified atom stereocenters. The zero-order valence-corrected chi connectivity index (χ0v) is 8.91. The molecule has 0 aromatic carbocycles. The summed E-state index contributed by atoms with van der Waals surface area (Å²) < 4.78 is 10.7. The van der Waals surface area contributed by atoms with E-state index in [2.05, 4.69) is 5.32 Å². The number of ether oxygens (including phenoxy) is 2. The lowest BCUT2D eigenvalue weighted by Crippen LogP contribution is -2.37. The molecular formula is C10H19NO4. The standard InChI is InChI=1S/C10H19NO4/c12-10(13)3-1-2-4-11-7-9-8-14-5-6-15-9/h9,11H,1-8H2,(H,12,13). The smallest absolute Gasteiger partial charge is 0.303 e. The molecule has 0 spiro atoms. The van der Waals surface area contributed by atoms with E-state index in [-0.39, 0.29) is 12.5 Å². The molecule has 15 heavy (non-hydrogen) atoms. The highest BCUT2D eigenvalue weighted by molar-refractivity contribution is 5.66. The van der Waals surface area contributed by atoms with Crippen LogP contribution in [0, 0.1) is 0 Å². The number of aliphatic carboxylic acids is 1. The van der Waals surface area contributed by atoms with Crippen molar-refractivity contribution in [1.82, 2.24) is 5.32 Å². The average Bonchev–Trinajstić information content (AvgIpc) is 2.24. The van der Waals surface area contributed by atoms with Crippen molar-refractivity contribution in [3.8, 4) is 0 Å². The highest BCUT2D eigenvalue weighted by atomic mass is 16.6. The fourth-order valence-corrected chi connectivity index (χ4v) is 1.44. The van der Waals surface area contributed by atoms with Gasteiger partial charge in [-0.15, -0.1) is 0 Å². The van der Waals surface area contributed by atoms with Gasteiger partial charge < -0.3 is 19.9 Å². The number of carboxylic acids is 1. The quantitative estimate of drug-likeness (QED) is 0.598. The van der Waals surface area contributed by atoms with Crippen LogP contribution in [-0.4, -0.2) is 50.1 Å². The topological polar surface area (TPSA) is 67.8 Å². The van der Waals surface area contributed by atoms with Gasteiger partial charge in [0.05, 0.1) is 25.9 Å². The predicted octanol–water partition coefficient (Wildman–Crippen LogP) is 0.246. The van der Waals surface area contributed by atoms with E-state index in [1.165, 1.54) is 0 Å². The number of hydrogen-bond donors (Lipinski definition) is 2. The van der Waals surface area contributed by atoms with E-state index in [9.17, 15) is 4.79 Å². The second-order valence-electron chi connectivity index (χ2n) is 3.62. The van der Waals surface area contributed by atoms with Crippen LogP contribution in [0.2, 0.25) is 0 Å². The SMILES string of the molecule is O=C(O)CCCCNCC1COCCO1. The van der Waals surface area contributed by atoms with E-state index in [4.69, 9.17) is 14.6 Å². The van der Waals surface area contributed by atoms with Gasteiger partial charge in [0.1, 0.15) is 0 Å². The van der Waals surface area contributed by atoms with Crippen molar-refractivity contribution < 1.29 is 19.4 Å². The molecule has 1 aliphatic rings. The summed E-state index contributed by atoms with van der Waals surface area (Å²) in [6.07, 6.45) is 2.02. The molecule has 5 heteroatoms. The van der Waals surface area contributed by atoms with Crippen molar-refractivity contribution >= 4 is 5.97 Å². The fourth-order valence-electron chi connectivity index (χ4n) is 1.44. The summed E-state index contributed by atoms with van der Waals surface area (Å²) in [6, 6.07) is 0. The van der Waals surface area contributed by atoms with E-state index in [1.807, 2.05) is 0 Å². The van der Waals surface area contributed by atoms with Crippen molar-refractivity contribution in [2.75, 3.05) is 32.9 Å². The van der Waals surface area contributed by atoms with Gasteiger partial charge >= 0.3 is 5.97 Å². The third kappa shape index (κ3) is 6.43. The second-order valence-corrected chi connectivity index (χ2v) is 3.62. The van der Waals surface area contributed by atoms with Gasteiger partial charge in [-0.3, -0.25) is 4.79 Å². The number of carboxylic acid groups (broad SMARTS) is 1. The van der Waals surface area contributed by atoms with Gasteiger partial charge in [0.15, 0.2) is 0 Å². The van der Waals surface area contributed by atoms with Crippen molar-refractivity contribution in [3.63, 3.8) is 0 Å². The van der Waals surface area contributed by atoms with E-state index < -0.39 is 5.97 Å². The molecular weight excluding hydrogens is 198 g/mol. The number of nitrogens with one attached hydrogen (secondary N) is 1. The summed E-state index contributed by atoms with van der Waals surface area (Å²) in [4.78, 5) is 10.2. The van der Waals surface area contributed by atoms with Crippen LogP contribution in [0.25, 0.3) is 0 Å².